The van der Waals surface area contributed by atoms with E-state index in [0.717, 1.165) is 88.4 Å². The van der Waals surface area contributed by atoms with Gasteiger partial charge in [-0.25, -0.2) is 15.0 Å². The molecule has 0 aliphatic heterocycles. The Morgan fingerprint density at radius 3 is 1.52 bits per heavy atom. The predicted molar refractivity (Wildman–Crippen MR) is 265 cm³/mol. The van der Waals surface area contributed by atoms with Crippen molar-refractivity contribution in [1.82, 2.24) is 19.5 Å². The Labute approximate surface area is 371 Å². The van der Waals surface area contributed by atoms with E-state index in [0.29, 0.717) is 17.5 Å². The van der Waals surface area contributed by atoms with Crippen LogP contribution in [-0.4, -0.2) is 19.5 Å². The second kappa shape index (κ2) is 13.8. The molecule has 4 heterocycles. The molecular formula is C59H34N4O2. The maximum Gasteiger partial charge on any atom is 0.164 e. The monoisotopic (exact) mass is 830 g/mol. The second-order valence-corrected chi connectivity index (χ2v) is 16.8. The van der Waals surface area contributed by atoms with E-state index in [1.165, 1.54) is 32.3 Å². The first-order chi connectivity index (χ1) is 32.2. The summed E-state index contributed by atoms with van der Waals surface area (Å²) in [6.45, 7) is 0. The van der Waals surface area contributed by atoms with Crippen LogP contribution in [0.15, 0.2) is 215 Å². The molecule has 0 fully saturated rings. The molecule has 6 heteroatoms. The summed E-state index contributed by atoms with van der Waals surface area (Å²) in [5, 5.41) is 11.2. The number of rotatable bonds is 5. The Hall–Kier alpha value is -8.87. The molecule has 14 rings (SSSR count). The lowest BCUT2D eigenvalue weighted by molar-refractivity contribution is 0.666. The summed E-state index contributed by atoms with van der Waals surface area (Å²) in [5.74, 6) is 1.66. The SMILES string of the molecule is c1ccc(-c2ccc(-c3nc(-c4ccc5c(c4)oc4ccccc45)nc(-c4ccc(-n5c6cc7ccccc7cc6c6cc7ccccc7cc65)c5oc6ccccc6c45)n3)cc2)cc1. The molecule has 6 nitrogen and oxygen atoms in total. The Bertz CT molecular complexity index is 4140. The fraction of sp³-hybridized carbons (Fsp3) is 0. The van der Waals surface area contributed by atoms with Crippen LogP contribution >= 0.6 is 0 Å². The first kappa shape index (κ1) is 35.7. The van der Waals surface area contributed by atoms with Crippen molar-refractivity contribution in [1.29, 1.82) is 0 Å². The predicted octanol–water partition coefficient (Wildman–Crippen LogP) is 15.7. The highest BCUT2D eigenvalue weighted by Crippen LogP contribution is 2.44. The molecule has 10 aromatic carbocycles. The number of hydrogen-bond donors (Lipinski definition) is 0. The zero-order valence-corrected chi connectivity index (χ0v) is 34.7. The third-order valence-electron chi connectivity index (χ3n) is 13.0. The molecule has 0 N–H and O–H groups in total. The van der Waals surface area contributed by atoms with Gasteiger partial charge in [0.2, 0.25) is 0 Å². The minimum Gasteiger partial charge on any atom is -0.456 e. The summed E-state index contributed by atoms with van der Waals surface area (Å²) in [7, 11) is 0. The van der Waals surface area contributed by atoms with Gasteiger partial charge in [-0.15, -0.1) is 0 Å². The first-order valence-corrected chi connectivity index (χ1v) is 21.8. The van der Waals surface area contributed by atoms with Crippen molar-refractivity contribution in [3.8, 4) is 51.0 Å². The van der Waals surface area contributed by atoms with Crippen LogP contribution in [0.3, 0.4) is 0 Å². The van der Waals surface area contributed by atoms with Crippen molar-refractivity contribution < 1.29 is 8.83 Å². The molecule has 0 spiro atoms. The molecule has 14 aromatic rings. The Balaban J connectivity index is 1.03. The molecule has 0 aliphatic carbocycles. The van der Waals surface area contributed by atoms with E-state index in [-0.39, 0.29) is 0 Å². The lowest BCUT2D eigenvalue weighted by Crippen LogP contribution is -2.01. The topological polar surface area (TPSA) is 69.9 Å². The standard InChI is InChI=1S/C59H34N4O2/c1-2-12-35(13-3-1)36-22-24-37(25-23-36)57-60-58(42-26-27-44-43-18-8-10-20-52(43)64-54(44)34-42)62-59(61-57)46-28-29-49(56-55(46)45-19-9-11-21-53(45)65-56)63-50-32-40-16-6-4-14-38(40)30-47(50)48-31-39-15-5-7-17-41(39)33-51(48)63/h1-34H. The highest BCUT2D eigenvalue weighted by Gasteiger charge is 2.24. The van der Waals surface area contributed by atoms with E-state index in [9.17, 15) is 0 Å². The van der Waals surface area contributed by atoms with Gasteiger partial charge < -0.3 is 13.4 Å². The van der Waals surface area contributed by atoms with Gasteiger partial charge >= 0.3 is 0 Å². The van der Waals surface area contributed by atoms with Crippen LogP contribution in [0.25, 0.3) is 138 Å². The molecule has 65 heavy (non-hydrogen) atoms. The van der Waals surface area contributed by atoms with Gasteiger partial charge in [0.15, 0.2) is 23.1 Å². The first-order valence-electron chi connectivity index (χ1n) is 21.8. The van der Waals surface area contributed by atoms with Crippen LogP contribution < -0.4 is 0 Å². The largest absolute Gasteiger partial charge is 0.456 e. The average molecular weight is 831 g/mol. The minimum atomic E-state index is 0.546. The van der Waals surface area contributed by atoms with Gasteiger partial charge in [0.25, 0.3) is 0 Å². The molecule has 0 aliphatic rings. The molecule has 4 aromatic heterocycles. The van der Waals surface area contributed by atoms with Gasteiger partial charge in [-0.05, 0) is 93.3 Å². The van der Waals surface area contributed by atoms with E-state index in [2.05, 4.69) is 168 Å². The Kier molecular flexibility index (Phi) is 7.59. The summed E-state index contributed by atoms with van der Waals surface area (Å²) < 4.78 is 15.7. The summed E-state index contributed by atoms with van der Waals surface area (Å²) in [6.07, 6.45) is 0. The van der Waals surface area contributed by atoms with Gasteiger partial charge in [-0.1, -0.05) is 146 Å². The molecule has 302 valence electrons. The Morgan fingerprint density at radius 2 is 0.831 bits per heavy atom. The lowest BCUT2D eigenvalue weighted by Gasteiger charge is -2.13. The van der Waals surface area contributed by atoms with E-state index < -0.39 is 0 Å². The second-order valence-electron chi connectivity index (χ2n) is 16.8. The van der Waals surface area contributed by atoms with Crippen LogP contribution in [-0.2, 0) is 0 Å². The normalized spacial score (nSPS) is 12.0. The van der Waals surface area contributed by atoms with Crippen molar-refractivity contribution in [2.45, 2.75) is 0 Å². The summed E-state index contributed by atoms with van der Waals surface area (Å²) in [5.41, 5.74) is 11.1. The van der Waals surface area contributed by atoms with Crippen molar-refractivity contribution in [2.24, 2.45) is 0 Å². The van der Waals surface area contributed by atoms with Crippen LogP contribution in [0.1, 0.15) is 0 Å². The maximum atomic E-state index is 7.00. The summed E-state index contributed by atoms with van der Waals surface area (Å²) in [6, 6.07) is 72.2. The van der Waals surface area contributed by atoms with E-state index >= 15 is 0 Å². The number of nitrogens with zero attached hydrogens (tertiary/aromatic N) is 4. The van der Waals surface area contributed by atoms with Crippen molar-refractivity contribution in [2.75, 3.05) is 0 Å². The average Bonchev–Trinajstić information content (AvgIpc) is 4.04. The van der Waals surface area contributed by atoms with E-state index in [1.54, 1.807) is 0 Å². The smallest absolute Gasteiger partial charge is 0.164 e. The van der Waals surface area contributed by atoms with Crippen LogP contribution in [0.4, 0.5) is 0 Å². The van der Waals surface area contributed by atoms with Gasteiger partial charge in [-0.2, -0.15) is 0 Å². The molecule has 0 radical (unpaired) electrons. The molecule has 0 amide bonds. The Morgan fingerprint density at radius 1 is 0.323 bits per heavy atom. The molecule has 0 saturated heterocycles. The third kappa shape index (κ3) is 5.57. The zero-order chi connectivity index (χ0) is 42.6. The number of hydrogen-bond acceptors (Lipinski definition) is 5. The van der Waals surface area contributed by atoms with Crippen LogP contribution in [0, 0.1) is 0 Å². The van der Waals surface area contributed by atoms with Gasteiger partial charge in [0.05, 0.1) is 16.7 Å². The lowest BCUT2D eigenvalue weighted by atomic mass is 10.0. The maximum absolute atomic E-state index is 7.00. The van der Waals surface area contributed by atoms with Crippen LogP contribution in [0.2, 0.25) is 0 Å². The molecular weight excluding hydrogens is 797 g/mol. The summed E-state index contributed by atoms with van der Waals surface area (Å²) >= 11 is 0. The van der Waals surface area contributed by atoms with Gasteiger partial charge in [0, 0.05) is 49.0 Å². The highest BCUT2D eigenvalue weighted by atomic mass is 16.3. The van der Waals surface area contributed by atoms with Gasteiger partial charge in [-0.3, -0.25) is 0 Å². The molecule has 0 saturated carbocycles. The van der Waals surface area contributed by atoms with Gasteiger partial charge in [0.1, 0.15) is 16.7 Å². The summed E-state index contributed by atoms with van der Waals surface area (Å²) in [4.78, 5) is 15.8. The number of para-hydroxylation sites is 2. The third-order valence-corrected chi connectivity index (χ3v) is 13.0. The molecule has 0 atom stereocenters. The fourth-order valence-electron chi connectivity index (χ4n) is 9.89. The van der Waals surface area contributed by atoms with E-state index in [1.807, 2.05) is 42.5 Å². The highest BCUT2D eigenvalue weighted by molar-refractivity contribution is 6.19. The molecule has 0 bridgehead atoms. The minimum absolute atomic E-state index is 0.546. The van der Waals surface area contributed by atoms with Crippen molar-refractivity contribution in [3.05, 3.63) is 206 Å². The van der Waals surface area contributed by atoms with Crippen molar-refractivity contribution >= 4 is 87.2 Å². The molecule has 0 unspecified atom stereocenters. The zero-order valence-electron chi connectivity index (χ0n) is 34.7. The fourth-order valence-corrected chi connectivity index (χ4v) is 9.89. The number of benzene rings is 10. The van der Waals surface area contributed by atoms with Crippen molar-refractivity contribution in [3.63, 3.8) is 0 Å². The quantitative estimate of drug-likeness (QED) is 0.173. The number of fused-ring (bicyclic) bond motifs is 11. The van der Waals surface area contributed by atoms with E-state index in [4.69, 9.17) is 23.8 Å². The number of furan rings is 2. The van der Waals surface area contributed by atoms with Crippen LogP contribution in [0.5, 0.6) is 0 Å². The number of aromatic nitrogens is 4.